The molecule has 0 aromatic heterocycles. The van der Waals surface area contributed by atoms with Crippen LogP contribution in [0.3, 0.4) is 0 Å². The first-order chi connectivity index (χ1) is 28.4. The van der Waals surface area contributed by atoms with Crippen LogP contribution < -0.4 is 4.90 Å². The predicted octanol–water partition coefficient (Wildman–Crippen LogP) is 10.2. The first-order valence-corrected chi connectivity index (χ1v) is 20.6. The molecule has 0 saturated carbocycles. The third-order valence-electron chi connectivity index (χ3n) is 12.8. The largest absolute Gasteiger partial charge is 0.371 e. The van der Waals surface area contributed by atoms with Gasteiger partial charge in [0.2, 0.25) is 0 Å². The van der Waals surface area contributed by atoms with Crippen molar-refractivity contribution in [2.75, 3.05) is 4.90 Å². The summed E-state index contributed by atoms with van der Waals surface area (Å²) in [7, 11) is 6.00. The zero-order valence-corrected chi connectivity index (χ0v) is 35.4. The highest BCUT2D eigenvalue weighted by molar-refractivity contribution is 6.15. The molecule has 1 spiro atoms. The molecule has 60 heavy (non-hydrogen) atoms. The van der Waals surface area contributed by atoms with Crippen molar-refractivity contribution in [3.8, 4) is 11.1 Å². The number of anilines is 2. The van der Waals surface area contributed by atoms with Crippen molar-refractivity contribution in [1.82, 2.24) is 0 Å². The fourth-order valence-electron chi connectivity index (χ4n) is 9.61. The SMILES string of the molecule is [B]C(O)(O)/C(=C/C1=C(C=C)C(C)=C(/C=C(\CC)C(O)(O)O)C12c1ccccc1-c1ccc(N(/C=C/C=C3\C(=C)C(C)(C)C4=C3CC=CC=C4)c3ccccc3C)cc12)CC. The number of hydrogen-bond acceptors (Lipinski definition) is 6. The van der Waals surface area contributed by atoms with E-state index in [-0.39, 0.29) is 29.4 Å². The lowest BCUT2D eigenvalue weighted by molar-refractivity contribution is -0.283. The fraction of sp³-hybridized carbons (Fsp3) is 0.245. The molecule has 7 heteroatoms. The van der Waals surface area contributed by atoms with E-state index in [0.717, 1.165) is 67.9 Å². The minimum Gasteiger partial charge on any atom is -0.371 e. The molecule has 0 fully saturated rings. The Bertz CT molecular complexity index is 2590. The number of benzene rings is 3. The van der Waals surface area contributed by atoms with Gasteiger partial charge in [-0.15, -0.1) is 0 Å². The average Bonchev–Trinajstić information content (AvgIpc) is 3.54. The highest BCUT2D eigenvalue weighted by atomic mass is 16.7. The van der Waals surface area contributed by atoms with E-state index < -0.39 is 17.1 Å². The molecule has 2 radical (unpaired) electrons. The normalized spacial score (nSPS) is 20.9. The topological polar surface area (TPSA) is 104 Å². The third kappa shape index (κ3) is 6.94. The molecule has 5 N–H and O–H groups in total. The summed E-state index contributed by atoms with van der Waals surface area (Å²) in [5.74, 6) is -3.09. The van der Waals surface area contributed by atoms with E-state index in [4.69, 9.17) is 7.85 Å². The number of para-hydroxylation sites is 1. The van der Waals surface area contributed by atoms with Crippen molar-refractivity contribution < 1.29 is 25.5 Å². The average molecular weight is 796 g/mol. The number of aliphatic hydroxyl groups is 5. The lowest BCUT2D eigenvalue weighted by atomic mass is 9.67. The van der Waals surface area contributed by atoms with Gasteiger partial charge in [0.25, 0.3) is 5.97 Å². The second-order valence-electron chi connectivity index (χ2n) is 16.6. The van der Waals surface area contributed by atoms with Gasteiger partial charge in [0.15, 0.2) is 7.85 Å². The Hall–Kier alpha value is -5.54. The van der Waals surface area contributed by atoms with Crippen molar-refractivity contribution in [1.29, 1.82) is 0 Å². The number of allylic oxidation sites excluding steroid dienone is 17. The van der Waals surface area contributed by atoms with Crippen LogP contribution in [0.4, 0.5) is 11.4 Å². The Labute approximate surface area is 356 Å². The number of fused-ring (bicyclic) bond motifs is 5. The van der Waals surface area contributed by atoms with Crippen LogP contribution in [0.15, 0.2) is 197 Å². The molecule has 0 bridgehead atoms. The molecule has 0 aliphatic heterocycles. The number of aryl methyl sites for hydroxylation is 1. The maximum atomic E-state index is 10.9. The fourth-order valence-corrected chi connectivity index (χ4v) is 9.61. The van der Waals surface area contributed by atoms with Gasteiger partial charge in [-0.1, -0.05) is 132 Å². The summed E-state index contributed by atoms with van der Waals surface area (Å²) in [6, 6.07) is 22.7. The minimum absolute atomic E-state index is 0.00716. The maximum absolute atomic E-state index is 10.9. The van der Waals surface area contributed by atoms with Crippen LogP contribution in [0.5, 0.6) is 0 Å². The van der Waals surface area contributed by atoms with Crippen LogP contribution >= 0.6 is 0 Å². The summed E-state index contributed by atoms with van der Waals surface area (Å²) in [5.41, 5.74) is 10.4. The lowest BCUT2D eigenvalue weighted by Gasteiger charge is -2.35. The maximum Gasteiger partial charge on any atom is 0.300 e. The van der Waals surface area contributed by atoms with Crippen LogP contribution in [0.25, 0.3) is 11.1 Å². The molecule has 3 aromatic carbocycles. The highest BCUT2D eigenvalue weighted by Gasteiger charge is 2.53. The smallest absolute Gasteiger partial charge is 0.300 e. The molecule has 4 aliphatic carbocycles. The Balaban J connectivity index is 1.52. The summed E-state index contributed by atoms with van der Waals surface area (Å²) in [6.45, 7) is 20.8. The number of nitrogens with zero attached hydrogens (tertiary/aromatic N) is 1. The predicted molar refractivity (Wildman–Crippen MR) is 245 cm³/mol. The van der Waals surface area contributed by atoms with Gasteiger partial charge in [0, 0.05) is 28.6 Å². The van der Waals surface area contributed by atoms with Gasteiger partial charge in [0.1, 0.15) is 5.69 Å². The molecule has 7 rings (SSSR count). The lowest BCUT2D eigenvalue weighted by Crippen LogP contribution is -2.34. The highest BCUT2D eigenvalue weighted by Crippen LogP contribution is 2.63. The van der Waals surface area contributed by atoms with Gasteiger partial charge in [-0.25, -0.2) is 0 Å². The first kappa shape index (κ1) is 42.6. The first-order valence-electron chi connectivity index (χ1n) is 20.6. The van der Waals surface area contributed by atoms with Crippen LogP contribution in [0, 0.1) is 12.3 Å². The van der Waals surface area contributed by atoms with Gasteiger partial charge in [-0.3, -0.25) is 0 Å². The molecular formula is C53H54BNO5. The second kappa shape index (κ2) is 15.8. The Morgan fingerprint density at radius 1 is 0.850 bits per heavy atom. The molecule has 1 atom stereocenters. The molecule has 3 aromatic rings. The zero-order valence-electron chi connectivity index (χ0n) is 35.4. The molecule has 4 aliphatic rings. The van der Waals surface area contributed by atoms with Gasteiger partial charge >= 0.3 is 0 Å². The Morgan fingerprint density at radius 3 is 2.18 bits per heavy atom. The molecule has 0 heterocycles. The van der Waals surface area contributed by atoms with Crippen LogP contribution in [-0.2, 0) is 5.41 Å². The summed E-state index contributed by atoms with van der Waals surface area (Å²) in [5, 5.41) is 53.6. The molecule has 1 unspecified atom stereocenters. The molecular weight excluding hydrogens is 741 g/mol. The van der Waals surface area contributed by atoms with E-state index in [9.17, 15) is 25.5 Å². The molecule has 0 saturated heterocycles. The van der Waals surface area contributed by atoms with Crippen molar-refractivity contribution >= 4 is 19.2 Å². The summed E-state index contributed by atoms with van der Waals surface area (Å²) >= 11 is 0. The minimum atomic E-state index is -3.09. The van der Waals surface area contributed by atoms with Crippen LogP contribution in [-0.4, -0.2) is 45.0 Å². The third-order valence-corrected chi connectivity index (χ3v) is 12.8. The van der Waals surface area contributed by atoms with E-state index in [1.165, 1.54) is 11.1 Å². The Morgan fingerprint density at radius 2 is 1.52 bits per heavy atom. The summed E-state index contributed by atoms with van der Waals surface area (Å²) in [4.78, 5) is 2.17. The van der Waals surface area contributed by atoms with E-state index in [1.807, 2.05) is 44.2 Å². The van der Waals surface area contributed by atoms with Gasteiger partial charge in [-0.05, 0) is 141 Å². The van der Waals surface area contributed by atoms with E-state index in [1.54, 1.807) is 25.2 Å². The number of hydrogen-bond donors (Lipinski definition) is 5. The van der Waals surface area contributed by atoms with Crippen LogP contribution in [0.2, 0.25) is 0 Å². The number of rotatable bonds is 11. The summed E-state index contributed by atoms with van der Waals surface area (Å²) in [6.07, 6.45) is 21.2. The molecule has 0 amide bonds. The standard InChI is InChI=1S/C53H54BNO5/c1-9-36(52(54,56)57)30-47-39(11-3)34(5)46(31-37(10-2)53(58,59)60)51(47)45-25-17-16-22-42(45)43-28-27-38(32-48(43)51)55(49-26-18-15-20-33(49)4)29-19-23-40-35(6)50(7,8)44-24-14-12-13-21-41(40)44/h11-20,22-32,56-60H,3,6,9-10,21H2,1-2,4-5,7-8H3/b29-19+,36-30+,37-31+,40-23+. The van der Waals surface area contributed by atoms with Crippen molar-refractivity contribution in [2.24, 2.45) is 5.41 Å². The Kier molecular flexibility index (Phi) is 11.2. The van der Waals surface area contributed by atoms with E-state index in [0.29, 0.717) is 11.1 Å². The summed E-state index contributed by atoms with van der Waals surface area (Å²) < 4.78 is 0. The monoisotopic (exact) mass is 795 g/mol. The van der Waals surface area contributed by atoms with Crippen molar-refractivity contribution in [3.05, 3.63) is 213 Å². The molecule has 304 valence electrons. The van der Waals surface area contributed by atoms with Gasteiger partial charge in [0.05, 0.1) is 5.41 Å². The van der Waals surface area contributed by atoms with Gasteiger partial charge in [-0.2, -0.15) is 0 Å². The van der Waals surface area contributed by atoms with E-state index >= 15 is 0 Å². The van der Waals surface area contributed by atoms with Crippen molar-refractivity contribution in [3.63, 3.8) is 0 Å². The molecule has 6 nitrogen and oxygen atoms in total. The van der Waals surface area contributed by atoms with E-state index in [2.05, 4.69) is 118 Å². The van der Waals surface area contributed by atoms with Gasteiger partial charge < -0.3 is 30.4 Å². The van der Waals surface area contributed by atoms with Crippen LogP contribution in [0.1, 0.15) is 70.6 Å². The quantitative estimate of drug-likeness (QED) is 0.0978. The second-order valence-corrected chi connectivity index (χ2v) is 16.6. The zero-order chi connectivity index (χ0) is 43.4. The van der Waals surface area contributed by atoms with Crippen molar-refractivity contribution in [2.45, 2.75) is 77.9 Å².